The van der Waals surface area contributed by atoms with Gasteiger partial charge in [0.15, 0.2) is 17.8 Å². The molecule has 3 nitrogen and oxygen atoms in total. The lowest BCUT2D eigenvalue weighted by atomic mass is 9.94. The molecular weight excluding hydrogens is 247 g/mol. The first-order valence-corrected chi connectivity index (χ1v) is 5.69. The third kappa shape index (κ3) is 3.60. The topological polar surface area (TPSA) is 38.3 Å². The summed E-state index contributed by atoms with van der Waals surface area (Å²) < 4.78 is 43.6. The van der Waals surface area contributed by atoms with Gasteiger partial charge in [-0.15, -0.1) is 0 Å². The Morgan fingerprint density at radius 3 is 2.78 bits per heavy atom. The normalized spacial score (nSPS) is 21.6. The Kier molecular flexibility index (Phi) is 5.40. The fourth-order valence-electron chi connectivity index (χ4n) is 1.80. The molecule has 0 amide bonds. The van der Waals surface area contributed by atoms with Crippen molar-refractivity contribution in [2.24, 2.45) is 0 Å². The molecule has 2 atom stereocenters. The van der Waals surface area contributed by atoms with E-state index in [1.165, 1.54) is 7.11 Å². The number of alkyl halides is 1. The molecule has 0 aromatic carbocycles. The van der Waals surface area contributed by atoms with Crippen LogP contribution in [0, 0.1) is 0 Å². The Labute approximate surface area is 104 Å². The van der Waals surface area contributed by atoms with Crippen molar-refractivity contribution in [2.75, 3.05) is 13.7 Å². The highest BCUT2D eigenvalue weighted by Crippen LogP contribution is 2.30. The highest BCUT2D eigenvalue weighted by Gasteiger charge is 2.27. The molecule has 18 heavy (non-hydrogen) atoms. The highest BCUT2D eigenvalue weighted by atomic mass is 19.2. The van der Waals surface area contributed by atoms with Crippen LogP contribution in [-0.2, 0) is 9.53 Å². The molecule has 0 spiro atoms. The summed E-state index contributed by atoms with van der Waals surface area (Å²) in [6.07, 6.45) is -0.626. The van der Waals surface area contributed by atoms with Gasteiger partial charge in [-0.05, 0) is 18.1 Å². The van der Waals surface area contributed by atoms with Gasteiger partial charge >= 0.3 is 5.97 Å². The fraction of sp³-hybridized carbons (Fsp3) is 0.583. The van der Waals surface area contributed by atoms with Crippen LogP contribution in [-0.4, -0.2) is 31.8 Å². The Morgan fingerprint density at radius 2 is 2.28 bits per heavy atom. The fourth-order valence-corrected chi connectivity index (χ4v) is 1.80. The molecule has 1 N–H and O–H groups in total. The second-order valence-corrected chi connectivity index (χ2v) is 4.00. The minimum absolute atomic E-state index is 0.0584. The zero-order valence-corrected chi connectivity index (χ0v) is 10.3. The number of allylic oxidation sites excluding steroid dienone is 3. The molecule has 0 saturated carbocycles. The van der Waals surface area contributed by atoms with Crippen LogP contribution >= 0.6 is 0 Å². The third-order valence-electron chi connectivity index (χ3n) is 2.81. The maximum Gasteiger partial charge on any atom is 0.319 e. The van der Waals surface area contributed by atoms with Gasteiger partial charge in [-0.25, -0.2) is 13.2 Å². The predicted molar refractivity (Wildman–Crippen MR) is 60.9 cm³/mol. The van der Waals surface area contributed by atoms with Crippen LogP contribution in [0.3, 0.4) is 0 Å². The lowest BCUT2D eigenvalue weighted by Crippen LogP contribution is -2.36. The van der Waals surface area contributed by atoms with Crippen LogP contribution in [0.2, 0.25) is 0 Å². The molecule has 0 radical (unpaired) electrons. The summed E-state index contributed by atoms with van der Waals surface area (Å²) in [6.45, 7) is 1.74. The van der Waals surface area contributed by atoms with Crippen LogP contribution in [0.4, 0.5) is 13.2 Å². The first-order valence-electron chi connectivity index (χ1n) is 5.69. The van der Waals surface area contributed by atoms with Gasteiger partial charge < -0.3 is 10.1 Å². The van der Waals surface area contributed by atoms with E-state index in [2.05, 4.69) is 10.1 Å². The molecule has 102 valence electrons. The molecular formula is C12H16F3NO2. The van der Waals surface area contributed by atoms with Gasteiger partial charge in [0, 0.05) is 12.5 Å². The summed E-state index contributed by atoms with van der Waals surface area (Å²) in [7, 11) is 1.25. The monoisotopic (exact) mass is 263 g/mol. The van der Waals surface area contributed by atoms with Crippen LogP contribution in [0.1, 0.15) is 19.8 Å². The van der Waals surface area contributed by atoms with E-state index in [-0.39, 0.29) is 19.0 Å². The van der Waals surface area contributed by atoms with Gasteiger partial charge in [-0.3, -0.25) is 4.79 Å². The summed E-state index contributed by atoms with van der Waals surface area (Å²) in [5, 5.41) is 2.82. The van der Waals surface area contributed by atoms with Crippen molar-refractivity contribution >= 4 is 5.97 Å². The standard InChI is InChI=1S/C12H16F3NO2/c1-3-10(16-6-11(17)18-2)7-4-8(13)12(15)9(14)5-7/h4,9-10,16H,3,5-6H2,1-2H3. The maximum atomic E-state index is 13.2. The minimum Gasteiger partial charge on any atom is -0.468 e. The van der Waals surface area contributed by atoms with E-state index in [1.54, 1.807) is 6.92 Å². The summed E-state index contributed by atoms with van der Waals surface area (Å²) in [5.41, 5.74) is 0.410. The summed E-state index contributed by atoms with van der Waals surface area (Å²) in [4.78, 5) is 11.0. The third-order valence-corrected chi connectivity index (χ3v) is 2.81. The van der Waals surface area contributed by atoms with E-state index in [9.17, 15) is 18.0 Å². The van der Waals surface area contributed by atoms with Crippen molar-refractivity contribution in [3.8, 4) is 0 Å². The number of carbonyl (C=O) groups is 1. The Bertz CT molecular complexity index is 380. The molecule has 1 aliphatic carbocycles. The number of hydrogen-bond acceptors (Lipinski definition) is 3. The van der Waals surface area contributed by atoms with Crippen molar-refractivity contribution in [1.82, 2.24) is 5.32 Å². The number of carbonyl (C=O) groups excluding carboxylic acids is 1. The molecule has 0 aromatic heterocycles. The predicted octanol–water partition coefficient (Wildman–Crippen LogP) is 2.35. The number of methoxy groups -OCH3 is 1. The summed E-state index contributed by atoms with van der Waals surface area (Å²) in [5.74, 6) is -3.01. The quantitative estimate of drug-likeness (QED) is 0.774. The summed E-state index contributed by atoms with van der Waals surface area (Å²) in [6, 6.07) is -0.374. The molecule has 0 fully saturated rings. The first-order chi connectivity index (χ1) is 8.49. The molecule has 1 aliphatic rings. The Hall–Kier alpha value is -1.30. The van der Waals surface area contributed by atoms with Gasteiger partial charge in [-0.1, -0.05) is 6.92 Å². The van der Waals surface area contributed by atoms with Gasteiger partial charge in [0.2, 0.25) is 0 Å². The number of ether oxygens (including phenoxy) is 1. The van der Waals surface area contributed by atoms with Crippen LogP contribution in [0.15, 0.2) is 23.3 Å². The SMILES string of the molecule is CCC(NCC(=O)OC)C1=CC(F)=C(F)C(F)C1. The molecule has 6 heteroatoms. The summed E-state index contributed by atoms with van der Waals surface area (Å²) >= 11 is 0. The van der Waals surface area contributed by atoms with Gasteiger partial charge in [-0.2, -0.15) is 0 Å². The zero-order valence-electron chi connectivity index (χ0n) is 10.3. The van der Waals surface area contributed by atoms with E-state index in [1.807, 2.05) is 0 Å². The second kappa shape index (κ2) is 6.58. The van der Waals surface area contributed by atoms with Gasteiger partial charge in [0.05, 0.1) is 13.7 Å². The van der Waals surface area contributed by atoms with E-state index >= 15 is 0 Å². The van der Waals surface area contributed by atoms with E-state index < -0.39 is 23.8 Å². The van der Waals surface area contributed by atoms with Crippen LogP contribution in [0.5, 0.6) is 0 Å². The van der Waals surface area contributed by atoms with Crippen molar-refractivity contribution in [3.05, 3.63) is 23.3 Å². The molecule has 1 rings (SSSR count). The number of rotatable bonds is 5. The Balaban J connectivity index is 2.72. The zero-order chi connectivity index (χ0) is 13.7. The lowest BCUT2D eigenvalue weighted by molar-refractivity contribution is -0.139. The molecule has 2 unspecified atom stereocenters. The molecule has 0 saturated heterocycles. The average Bonchev–Trinajstić information content (AvgIpc) is 2.36. The number of nitrogens with one attached hydrogen (secondary N) is 1. The van der Waals surface area contributed by atoms with Crippen molar-refractivity contribution < 1.29 is 22.7 Å². The average molecular weight is 263 g/mol. The van der Waals surface area contributed by atoms with E-state index in [4.69, 9.17) is 0 Å². The second-order valence-electron chi connectivity index (χ2n) is 4.00. The number of halogens is 3. The van der Waals surface area contributed by atoms with Crippen molar-refractivity contribution in [2.45, 2.75) is 32.0 Å². The molecule has 0 aromatic rings. The largest absolute Gasteiger partial charge is 0.468 e. The minimum atomic E-state index is -1.95. The van der Waals surface area contributed by atoms with Crippen molar-refractivity contribution in [1.29, 1.82) is 0 Å². The van der Waals surface area contributed by atoms with Crippen molar-refractivity contribution in [3.63, 3.8) is 0 Å². The highest BCUT2D eigenvalue weighted by molar-refractivity contribution is 5.71. The van der Waals surface area contributed by atoms with Crippen LogP contribution in [0.25, 0.3) is 0 Å². The van der Waals surface area contributed by atoms with Gasteiger partial charge in [0.25, 0.3) is 0 Å². The Morgan fingerprint density at radius 1 is 1.61 bits per heavy atom. The molecule has 0 heterocycles. The van der Waals surface area contributed by atoms with E-state index in [0.717, 1.165) is 6.08 Å². The maximum absolute atomic E-state index is 13.2. The van der Waals surface area contributed by atoms with Crippen LogP contribution < -0.4 is 5.32 Å². The van der Waals surface area contributed by atoms with E-state index in [0.29, 0.717) is 12.0 Å². The molecule has 0 bridgehead atoms. The molecule has 0 aliphatic heterocycles. The van der Waals surface area contributed by atoms with Gasteiger partial charge in [0.1, 0.15) is 0 Å². The lowest BCUT2D eigenvalue weighted by Gasteiger charge is -2.23. The number of hydrogen-bond donors (Lipinski definition) is 1. The number of esters is 1. The smallest absolute Gasteiger partial charge is 0.319 e. The first kappa shape index (κ1) is 14.8.